The minimum absolute atomic E-state index is 0.502. The van der Waals surface area contributed by atoms with Gasteiger partial charge in [0.2, 0.25) is 0 Å². The third kappa shape index (κ3) is 2.57. The maximum Gasteiger partial charge on any atom is 0.407 e. The van der Waals surface area contributed by atoms with E-state index in [1.807, 2.05) is 6.07 Å². The van der Waals surface area contributed by atoms with Gasteiger partial charge in [-0.15, -0.1) is 0 Å². The van der Waals surface area contributed by atoms with Crippen molar-refractivity contribution in [3.8, 4) is 6.07 Å². The zero-order valence-corrected chi connectivity index (χ0v) is 11.2. The second-order valence-corrected chi connectivity index (χ2v) is 4.89. The van der Waals surface area contributed by atoms with Crippen molar-refractivity contribution in [3.63, 3.8) is 0 Å². The lowest BCUT2D eigenvalue weighted by Crippen LogP contribution is -2.48. The second kappa shape index (κ2) is 5.27. The maximum absolute atomic E-state index is 10.8. The van der Waals surface area contributed by atoms with Crippen LogP contribution in [0.1, 0.15) is 5.56 Å². The van der Waals surface area contributed by atoms with Crippen molar-refractivity contribution >= 4 is 27.7 Å². The van der Waals surface area contributed by atoms with Crippen molar-refractivity contribution in [2.75, 3.05) is 31.1 Å². The first-order chi connectivity index (χ1) is 8.61. The Kier molecular flexibility index (Phi) is 3.72. The predicted molar refractivity (Wildman–Crippen MR) is 70.7 cm³/mol. The number of rotatable bonds is 1. The Morgan fingerprint density at radius 1 is 1.33 bits per heavy atom. The number of anilines is 1. The van der Waals surface area contributed by atoms with Crippen molar-refractivity contribution in [1.82, 2.24) is 4.90 Å². The molecule has 1 saturated heterocycles. The molecule has 6 heteroatoms. The Morgan fingerprint density at radius 3 is 2.50 bits per heavy atom. The van der Waals surface area contributed by atoms with Crippen LogP contribution in [0.25, 0.3) is 0 Å². The monoisotopic (exact) mass is 309 g/mol. The number of halogens is 1. The van der Waals surface area contributed by atoms with Crippen LogP contribution in [0.3, 0.4) is 0 Å². The van der Waals surface area contributed by atoms with Gasteiger partial charge in [0.25, 0.3) is 0 Å². The van der Waals surface area contributed by atoms with Crippen LogP contribution in [-0.4, -0.2) is 42.3 Å². The molecular weight excluding hydrogens is 298 g/mol. The summed E-state index contributed by atoms with van der Waals surface area (Å²) in [7, 11) is 0. The van der Waals surface area contributed by atoms with Crippen molar-refractivity contribution < 1.29 is 9.90 Å². The number of carboxylic acid groups (broad SMARTS) is 1. The van der Waals surface area contributed by atoms with E-state index in [0.29, 0.717) is 31.7 Å². The Balaban J connectivity index is 2.10. The molecule has 0 aliphatic carbocycles. The Hall–Kier alpha value is -1.74. The highest BCUT2D eigenvalue weighted by Gasteiger charge is 2.21. The van der Waals surface area contributed by atoms with Crippen molar-refractivity contribution in [3.05, 3.63) is 28.2 Å². The molecule has 0 atom stereocenters. The lowest BCUT2D eigenvalue weighted by atomic mass is 10.2. The van der Waals surface area contributed by atoms with Gasteiger partial charge in [0.15, 0.2) is 0 Å². The zero-order valence-electron chi connectivity index (χ0n) is 9.64. The molecule has 2 rings (SSSR count). The maximum atomic E-state index is 10.8. The van der Waals surface area contributed by atoms with Crippen LogP contribution in [-0.2, 0) is 0 Å². The molecular formula is C12H12BrN3O2. The molecule has 1 aliphatic heterocycles. The molecule has 0 radical (unpaired) electrons. The number of amides is 1. The quantitative estimate of drug-likeness (QED) is 0.863. The highest BCUT2D eigenvalue weighted by molar-refractivity contribution is 9.10. The molecule has 1 fully saturated rings. The Labute approximate surface area is 113 Å². The molecule has 0 saturated carbocycles. The fourth-order valence-corrected chi connectivity index (χ4v) is 2.60. The van der Waals surface area contributed by atoms with Crippen molar-refractivity contribution in [2.45, 2.75) is 0 Å². The van der Waals surface area contributed by atoms with E-state index < -0.39 is 6.09 Å². The Bertz CT molecular complexity index is 505. The largest absolute Gasteiger partial charge is 0.465 e. The summed E-state index contributed by atoms with van der Waals surface area (Å²) in [6.07, 6.45) is -0.867. The van der Waals surface area contributed by atoms with Gasteiger partial charge in [-0.05, 0) is 34.1 Å². The fourth-order valence-electron chi connectivity index (χ4n) is 1.97. The van der Waals surface area contributed by atoms with E-state index in [4.69, 9.17) is 10.4 Å². The molecule has 0 bridgehead atoms. The normalized spacial score (nSPS) is 15.3. The van der Waals surface area contributed by atoms with Crippen LogP contribution in [0.5, 0.6) is 0 Å². The third-order valence-corrected chi connectivity index (χ3v) is 3.60. The Morgan fingerprint density at radius 2 is 2.00 bits per heavy atom. The van der Waals surface area contributed by atoms with E-state index in [1.165, 1.54) is 4.90 Å². The molecule has 18 heavy (non-hydrogen) atoms. The highest BCUT2D eigenvalue weighted by Crippen LogP contribution is 2.28. The summed E-state index contributed by atoms with van der Waals surface area (Å²) >= 11 is 3.44. The summed E-state index contributed by atoms with van der Waals surface area (Å²) in [4.78, 5) is 14.3. The number of hydrogen-bond acceptors (Lipinski definition) is 3. The molecule has 1 N–H and O–H groups in total. The molecule has 1 aliphatic rings. The standard InChI is InChI=1S/C12H12BrN3O2/c13-10-7-9(8-14)1-2-11(10)15-3-5-16(6-4-15)12(17)18/h1-2,7H,3-6H2,(H,17,18). The number of nitriles is 1. The third-order valence-electron chi connectivity index (χ3n) is 2.97. The minimum atomic E-state index is -0.867. The molecule has 5 nitrogen and oxygen atoms in total. The highest BCUT2D eigenvalue weighted by atomic mass is 79.9. The van der Waals surface area contributed by atoms with Crippen molar-refractivity contribution in [1.29, 1.82) is 5.26 Å². The van der Waals surface area contributed by atoms with E-state index in [0.717, 1.165) is 10.2 Å². The van der Waals surface area contributed by atoms with Crippen LogP contribution in [0.4, 0.5) is 10.5 Å². The van der Waals surface area contributed by atoms with E-state index in [9.17, 15) is 4.79 Å². The number of piperazine rings is 1. The van der Waals surface area contributed by atoms with Gasteiger partial charge in [-0.1, -0.05) is 0 Å². The van der Waals surface area contributed by atoms with E-state index >= 15 is 0 Å². The first-order valence-corrected chi connectivity index (χ1v) is 6.33. The van der Waals surface area contributed by atoms with E-state index in [2.05, 4.69) is 26.9 Å². The van der Waals surface area contributed by atoms with E-state index in [-0.39, 0.29) is 0 Å². The van der Waals surface area contributed by atoms with Gasteiger partial charge in [-0.3, -0.25) is 0 Å². The second-order valence-electron chi connectivity index (χ2n) is 4.03. The van der Waals surface area contributed by atoms with Gasteiger partial charge in [-0.25, -0.2) is 4.79 Å². The van der Waals surface area contributed by atoms with Gasteiger partial charge in [0.1, 0.15) is 0 Å². The lowest BCUT2D eigenvalue weighted by molar-refractivity contribution is 0.142. The van der Waals surface area contributed by atoms with Crippen LogP contribution in [0, 0.1) is 11.3 Å². The van der Waals surface area contributed by atoms with Crippen molar-refractivity contribution in [2.24, 2.45) is 0 Å². The molecule has 1 aromatic rings. The average molecular weight is 310 g/mol. The molecule has 94 valence electrons. The molecule has 1 aromatic carbocycles. The van der Waals surface area contributed by atoms with Gasteiger partial charge in [-0.2, -0.15) is 5.26 Å². The number of carbonyl (C=O) groups is 1. The lowest BCUT2D eigenvalue weighted by Gasteiger charge is -2.35. The SMILES string of the molecule is N#Cc1ccc(N2CCN(C(=O)O)CC2)c(Br)c1. The van der Waals surface area contributed by atoms with Gasteiger partial charge < -0.3 is 14.9 Å². The number of benzene rings is 1. The van der Waals surface area contributed by atoms with Gasteiger partial charge in [0.05, 0.1) is 17.3 Å². The number of hydrogen-bond donors (Lipinski definition) is 1. The molecule has 1 heterocycles. The summed E-state index contributed by atoms with van der Waals surface area (Å²) in [6.45, 7) is 2.33. The smallest absolute Gasteiger partial charge is 0.407 e. The summed E-state index contributed by atoms with van der Waals surface area (Å²) in [6, 6.07) is 7.52. The summed E-state index contributed by atoms with van der Waals surface area (Å²) in [5.41, 5.74) is 1.61. The summed E-state index contributed by atoms with van der Waals surface area (Å²) < 4.78 is 0.866. The fraction of sp³-hybridized carbons (Fsp3) is 0.333. The summed E-state index contributed by atoms with van der Waals surface area (Å²) in [5.74, 6) is 0. The van der Waals surface area contributed by atoms with E-state index in [1.54, 1.807) is 12.1 Å². The van der Waals surface area contributed by atoms with Gasteiger partial charge in [0, 0.05) is 30.7 Å². The molecule has 0 aromatic heterocycles. The van der Waals surface area contributed by atoms with Crippen LogP contribution < -0.4 is 4.90 Å². The predicted octanol–water partition coefficient (Wildman–Crippen LogP) is 2.12. The van der Waals surface area contributed by atoms with Gasteiger partial charge >= 0.3 is 6.09 Å². The first kappa shape index (κ1) is 12.7. The van der Waals surface area contributed by atoms with Crippen LogP contribution in [0.15, 0.2) is 22.7 Å². The van der Waals surface area contributed by atoms with Crippen LogP contribution >= 0.6 is 15.9 Å². The van der Waals surface area contributed by atoms with Crippen LogP contribution in [0.2, 0.25) is 0 Å². The molecule has 1 amide bonds. The molecule has 0 spiro atoms. The minimum Gasteiger partial charge on any atom is -0.465 e. The topological polar surface area (TPSA) is 67.6 Å². The first-order valence-electron chi connectivity index (χ1n) is 5.54. The average Bonchev–Trinajstić information content (AvgIpc) is 2.38. The number of nitrogens with zero attached hydrogens (tertiary/aromatic N) is 3. The zero-order chi connectivity index (χ0) is 13.1. The molecule has 0 unspecified atom stereocenters. The summed E-state index contributed by atoms with van der Waals surface area (Å²) in [5, 5.41) is 17.7.